The lowest BCUT2D eigenvalue weighted by Crippen LogP contribution is -1.96. The van der Waals surface area contributed by atoms with Crippen molar-refractivity contribution in [3.05, 3.63) is 59.8 Å². The van der Waals surface area contributed by atoms with Gasteiger partial charge in [0.25, 0.3) is 0 Å². The maximum absolute atomic E-state index is 9.24. The van der Waals surface area contributed by atoms with E-state index in [1.165, 1.54) is 0 Å². The van der Waals surface area contributed by atoms with Crippen LogP contribution in [0.5, 0.6) is 0 Å². The summed E-state index contributed by atoms with van der Waals surface area (Å²) >= 11 is 0. The molecule has 0 fully saturated rings. The van der Waals surface area contributed by atoms with Crippen molar-refractivity contribution in [2.45, 2.75) is 6.92 Å². The molecule has 0 saturated heterocycles. The van der Waals surface area contributed by atoms with E-state index in [-0.39, 0.29) is 0 Å². The second-order valence-electron chi connectivity index (χ2n) is 4.34. The lowest BCUT2D eigenvalue weighted by Gasteiger charge is -2.06. The minimum Gasteiger partial charge on any atom is -0.228 e. The van der Waals surface area contributed by atoms with Crippen LogP contribution in [0.2, 0.25) is 0 Å². The van der Waals surface area contributed by atoms with E-state index in [9.17, 15) is 5.26 Å². The Balaban J connectivity index is 2.33. The highest BCUT2D eigenvalue weighted by Gasteiger charge is 2.09. The number of aryl methyl sites for hydroxylation is 1. The molecule has 3 aromatic rings. The molecule has 0 N–H and O–H groups in total. The standard InChI is InChI=1S/C16H11N3/c1-11-6-2-3-7-12(11)16-18-14-9-5-4-8-13(14)15(10-17)19-16/h2-9H,1H3. The minimum absolute atomic E-state index is 0.420. The summed E-state index contributed by atoms with van der Waals surface area (Å²) in [5, 5.41) is 10.0. The molecular formula is C16H11N3. The highest BCUT2D eigenvalue weighted by molar-refractivity contribution is 5.85. The SMILES string of the molecule is Cc1ccccc1-c1nc(C#N)c2ccccc2n1. The van der Waals surface area contributed by atoms with Crippen molar-refractivity contribution < 1.29 is 0 Å². The van der Waals surface area contributed by atoms with Crippen LogP contribution in [-0.2, 0) is 0 Å². The van der Waals surface area contributed by atoms with Gasteiger partial charge in [0, 0.05) is 10.9 Å². The van der Waals surface area contributed by atoms with Gasteiger partial charge in [-0.15, -0.1) is 0 Å². The van der Waals surface area contributed by atoms with Crippen molar-refractivity contribution in [2.24, 2.45) is 0 Å². The molecule has 3 nitrogen and oxygen atoms in total. The molecule has 0 aliphatic heterocycles. The van der Waals surface area contributed by atoms with Crippen LogP contribution in [0, 0.1) is 18.3 Å². The molecule has 0 bridgehead atoms. The normalized spacial score (nSPS) is 10.3. The Hall–Kier alpha value is -2.73. The number of fused-ring (bicyclic) bond motifs is 1. The number of para-hydroxylation sites is 1. The number of nitrogens with zero attached hydrogens (tertiary/aromatic N) is 3. The molecule has 3 heteroatoms. The topological polar surface area (TPSA) is 49.6 Å². The molecule has 19 heavy (non-hydrogen) atoms. The molecule has 0 spiro atoms. The van der Waals surface area contributed by atoms with Crippen LogP contribution in [0.4, 0.5) is 0 Å². The van der Waals surface area contributed by atoms with Gasteiger partial charge >= 0.3 is 0 Å². The Morgan fingerprint density at radius 1 is 0.947 bits per heavy atom. The highest BCUT2D eigenvalue weighted by Crippen LogP contribution is 2.23. The molecule has 0 radical (unpaired) electrons. The first kappa shape index (κ1) is 11.4. The zero-order chi connectivity index (χ0) is 13.2. The summed E-state index contributed by atoms with van der Waals surface area (Å²) in [5.41, 5.74) is 3.28. The summed E-state index contributed by atoms with van der Waals surface area (Å²) in [7, 11) is 0. The Morgan fingerprint density at radius 2 is 1.68 bits per heavy atom. The highest BCUT2D eigenvalue weighted by atomic mass is 14.9. The van der Waals surface area contributed by atoms with Gasteiger partial charge in [0.15, 0.2) is 11.5 Å². The van der Waals surface area contributed by atoms with E-state index >= 15 is 0 Å². The summed E-state index contributed by atoms with van der Waals surface area (Å²) in [4.78, 5) is 8.93. The van der Waals surface area contributed by atoms with E-state index in [1.807, 2.05) is 55.5 Å². The third-order valence-electron chi connectivity index (χ3n) is 3.10. The summed E-state index contributed by atoms with van der Waals surface area (Å²) in [6.07, 6.45) is 0. The summed E-state index contributed by atoms with van der Waals surface area (Å²) in [6, 6.07) is 17.6. The Labute approximate surface area is 111 Å². The molecule has 0 atom stereocenters. The largest absolute Gasteiger partial charge is 0.228 e. The minimum atomic E-state index is 0.420. The fourth-order valence-electron chi connectivity index (χ4n) is 2.11. The maximum atomic E-state index is 9.24. The van der Waals surface area contributed by atoms with Crippen molar-refractivity contribution >= 4 is 10.9 Å². The molecule has 0 saturated carbocycles. The number of hydrogen-bond donors (Lipinski definition) is 0. The van der Waals surface area contributed by atoms with Crippen LogP contribution in [0.3, 0.4) is 0 Å². The molecule has 3 rings (SSSR count). The smallest absolute Gasteiger partial charge is 0.161 e. The summed E-state index contributed by atoms with van der Waals surface area (Å²) in [6.45, 7) is 2.01. The zero-order valence-corrected chi connectivity index (χ0v) is 10.5. The maximum Gasteiger partial charge on any atom is 0.161 e. The fraction of sp³-hybridized carbons (Fsp3) is 0.0625. The van der Waals surface area contributed by atoms with Crippen LogP contribution in [0.15, 0.2) is 48.5 Å². The predicted octanol–water partition coefficient (Wildman–Crippen LogP) is 3.48. The third-order valence-corrected chi connectivity index (χ3v) is 3.10. The monoisotopic (exact) mass is 245 g/mol. The molecule has 1 heterocycles. The van der Waals surface area contributed by atoms with Crippen molar-refractivity contribution in [3.8, 4) is 17.5 Å². The van der Waals surface area contributed by atoms with Crippen LogP contribution in [0.1, 0.15) is 11.3 Å². The van der Waals surface area contributed by atoms with E-state index in [0.717, 1.165) is 22.0 Å². The van der Waals surface area contributed by atoms with Crippen molar-refractivity contribution in [1.82, 2.24) is 9.97 Å². The van der Waals surface area contributed by atoms with Gasteiger partial charge in [0.1, 0.15) is 6.07 Å². The van der Waals surface area contributed by atoms with E-state index in [4.69, 9.17) is 0 Å². The average Bonchev–Trinajstić information content (AvgIpc) is 2.46. The molecule has 2 aromatic carbocycles. The quantitative estimate of drug-likeness (QED) is 0.659. The number of rotatable bonds is 1. The van der Waals surface area contributed by atoms with E-state index in [0.29, 0.717) is 11.5 Å². The fourth-order valence-corrected chi connectivity index (χ4v) is 2.11. The summed E-state index contributed by atoms with van der Waals surface area (Å²) < 4.78 is 0. The Kier molecular flexibility index (Phi) is 2.70. The molecule has 0 aliphatic rings. The van der Waals surface area contributed by atoms with Crippen LogP contribution in [-0.4, -0.2) is 9.97 Å². The van der Waals surface area contributed by atoms with Gasteiger partial charge in [-0.25, -0.2) is 9.97 Å². The van der Waals surface area contributed by atoms with Crippen molar-refractivity contribution in [1.29, 1.82) is 5.26 Å². The van der Waals surface area contributed by atoms with Crippen molar-refractivity contribution in [2.75, 3.05) is 0 Å². The van der Waals surface area contributed by atoms with Crippen molar-refractivity contribution in [3.63, 3.8) is 0 Å². The van der Waals surface area contributed by atoms with E-state index < -0.39 is 0 Å². The van der Waals surface area contributed by atoms with Gasteiger partial charge in [-0.1, -0.05) is 36.4 Å². The lowest BCUT2D eigenvalue weighted by atomic mass is 10.1. The second-order valence-corrected chi connectivity index (χ2v) is 4.34. The molecule has 90 valence electrons. The molecule has 0 unspecified atom stereocenters. The van der Waals surface area contributed by atoms with Gasteiger partial charge < -0.3 is 0 Å². The van der Waals surface area contributed by atoms with Gasteiger partial charge in [-0.3, -0.25) is 0 Å². The molecule has 1 aromatic heterocycles. The first-order valence-corrected chi connectivity index (χ1v) is 6.02. The number of hydrogen-bond acceptors (Lipinski definition) is 3. The predicted molar refractivity (Wildman–Crippen MR) is 74.4 cm³/mol. The Morgan fingerprint density at radius 3 is 2.47 bits per heavy atom. The lowest BCUT2D eigenvalue weighted by molar-refractivity contribution is 1.19. The summed E-state index contributed by atoms with van der Waals surface area (Å²) in [5.74, 6) is 0.605. The van der Waals surface area contributed by atoms with E-state index in [2.05, 4.69) is 16.0 Å². The van der Waals surface area contributed by atoms with Gasteiger partial charge in [-0.05, 0) is 24.6 Å². The first-order valence-electron chi connectivity index (χ1n) is 6.02. The van der Waals surface area contributed by atoms with Gasteiger partial charge in [0.05, 0.1) is 5.52 Å². The number of nitriles is 1. The Bertz CT molecular complexity index is 800. The number of benzene rings is 2. The van der Waals surface area contributed by atoms with Crippen LogP contribution < -0.4 is 0 Å². The second kappa shape index (κ2) is 4.51. The molecular weight excluding hydrogens is 234 g/mol. The third kappa shape index (κ3) is 1.94. The molecule has 0 amide bonds. The van der Waals surface area contributed by atoms with Crippen LogP contribution >= 0.6 is 0 Å². The van der Waals surface area contributed by atoms with Gasteiger partial charge in [-0.2, -0.15) is 5.26 Å². The van der Waals surface area contributed by atoms with Crippen LogP contribution in [0.25, 0.3) is 22.3 Å². The number of aromatic nitrogens is 2. The van der Waals surface area contributed by atoms with Gasteiger partial charge in [0.2, 0.25) is 0 Å². The average molecular weight is 245 g/mol. The zero-order valence-electron chi connectivity index (χ0n) is 10.5. The van der Waals surface area contributed by atoms with E-state index in [1.54, 1.807) is 0 Å². The first-order chi connectivity index (χ1) is 9.29. The molecule has 0 aliphatic carbocycles.